The highest BCUT2D eigenvalue weighted by Crippen LogP contribution is 2.41. The first-order chi connectivity index (χ1) is 8.66. The molecule has 2 N–H and O–H groups in total. The molecular weight excluding hydrogens is 246 g/mol. The van der Waals surface area contributed by atoms with Crippen molar-refractivity contribution in [1.29, 1.82) is 0 Å². The molecule has 1 heterocycles. The third kappa shape index (κ3) is 1.65. The van der Waals surface area contributed by atoms with Gasteiger partial charge in [-0.1, -0.05) is 30.5 Å². The van der Waals surface area contributed by atoms with Gasteiger partial charge in [0.25, 0.3) is 0 Å². The van der Waals surface area contributed by atoms with E-state index in [4.69, 9.17) is 17.3 Å². The summed E-state index contributed by atoms with van der Waals surface area (Å²) in [4.78, 5) is 0. The molecule has 0 spiro atoms. The van der Waals surface area contributed by atoms with E-state index in [1.807, 2.05) is 11.7 Å². The van der Waals surface area contributed by atoms with Gasteiger partial charge in [0.05, 0.1) is 5.52 Å². The summed E-state index contributed by atoms with van der Waals surface area (Å²) in [5.41, 5.74) is 8.60. The van der Waals surface area contributed by atoms with Gasteiger partial charge in [-0.25, -0.2) is 0 Å². The Balaban J connectivity index is 2.15. The first-order valence-corrected chi connectivity index (χ1v) is 6.87. The Morgan fingerprint density at radius 2 is 2.11 bits per heavy atom. The van der Waals surface area contributed by atoms with Crippen molar-refractivity contribution in [2.75, 3.05) is 6.54 Å². The van der Waals surface area contributed by atoms with Gasteiger partial charge in [0.15, 0.2) is 5.15 Å². The number of nitrogens with two attached hydrogens (primary N) is 1. The van der Waals surface area contributed by atoms with Gasteiger partial charge in [0.2, 0.25) is 0 Å². The van der Waals surface area contributed by atoms with Crippen molar-refractivity contribution < 1.29 is 0 Å². The quantitative estimate of drug-likeness (QED) is 0.905. The molecule has 1 saturated carbocycles. The maximum atomic E-state index is 6.18. The van der Waals surface area contributed by atoms with Crippen LogP contribution < -0.4 is 5.73 Å². The molecule has 0 saturated heterocycles. The lowest BCUT2D eigenvalue weighted by atomic mass is 9.79. The molecule has 4 heteroatoms. The largest absolute Gasteiger partial charge is 0.330 e. The monoisotopic (exact) mass is 263 g/mol. The standard InChI is InChI=1S/C14H18ClN3/c1-18-12-5-4-10(8-11(12)13(15)17-18)14(9-16)6-2-3-7-14/h4-5,8H,2-3,6-7,9,16H2,1H3. The van der Waals surface area contributed by atoms with Crippen LogP contribution in [0.4, 0.5) is 0 Å². The molecule has 96 valence electrons. The molecule has 0 aliphatic heterocycles. The summed E-state index contributed by atoms with van der Waals surface area (Å²) in [6.07, 6.45) is 4.92. The molecule has 3 nitrogen and oxygen atoms in total. The van der Waals surface area contributed by atoms with Crippen LogP contribution in [0, 0.1) is 0 Å². The zero-order chi connectivity index (χ0) is 12.8. The molecule has 0 bridgehead atoms. The lowest BCUT2D eigenvalue weighted by Gasteiger charge is -2.28. The van der Waals surface area contributed by atoms with Crippen LogP contribution in [-0.4, -0.2) is 16.3 Å². The highest BCUT2D eigenvalue weighted by atomic mass is 35.5. The van der Waals surface area contributed by atoms with Gasteiger partial charge in [-0.05, 0) is 30.5 Å². The summed E-state index contributed by atoms with van der Waals surface area (Å²) in [6.45, 7) is 0.719. The second-order valence-electron chi connectivity index (χ2n) is 5.34. The molecule has 1 aromatic heterocycles. The van der Waals surface area contributed by atoms with E-state index >= 15 is 0 Å². The zero-order valence-corrected chi connectivity index (χ0v) is 11.4. The lowest BCUT2D eigenvalue weighted by molar-refractivity contribution is 0.453. The number of hydrogen-bond acceptors (Lipinski definition) is 2. The van der Waals surface area contributed by atoms with E-state index in [0.717, 1.165) is 17.4 Å². The molecule has 0 amide bonds. The molecule has 0 radical (unpaired) electrons. The summed E-state index contributed by atoms with van der Waals surface area (Å²) < 4.78 is 1.82. The van der Waals surface area contributed by atoms with E-state index in [0.29, 0.717) is 5.15 Å². The van der Waals surface area contributed by atoms with Gasteiger partial charge in [0.1, 0.15) is 0 Å². The van der Waals surface area contributed by atoms with Crippen LogP contribution in [0.2, 0.25) is 5.15 Å². The van der Waals surface area contributed by atoms with Crippen LogP contribution >= 0.6 is 11.6 Å². The van der Waals surface area contributed by atoms with Crippen LogP contribution in [0.15, 0.2) is 18.2 Å². The Morgan fingerprint density at radius 1 is 1.39 bits per heavy atom. The Labute approximate surface area is 112 Å². The Morgan fingerprint density at radius 3 is 2.78 bits per heavy atom. The maximum Gasteiger partial charge on any atom is 0.158 e. The molecular formula is C14H18ClN3. The maximum absolute atomic E-state index is 6.18. The van der Waals surface area contributed by atoms with Crippen LogP contribution in [0.3, 0.4) is 0 Å². The van der Waals surface area contributed by atoms with Crippen molar-refractivity contribution in [2.24, 2.45) is 12.8 Å². The number of nitrogens with zero attached hydrogens (tertiary/aromatic N) is 2. The van der Waals surface area contributed by atoms with E-state index in [2.05, 4.69) is 23.3 Å². The zero-order valence-electron chi connectivity index (χ0n) is 10.6. The average molecular weight is 264 g/mol. The van der Waals surface area contributed by atoms with Crippen LogP contribution in [0.1, 0.15) is 31.2 Å². The second kappa shape index (κ2) is 4.25. The molecule has 1 aliphatic carbocycles. The van der Waals surface area contributed by atoms with Crippen LogP contribution in [0.5, 0.6) is 0 Å². The topological polar surface area (TPSA) is 43.8 Å². The minimum absolute atomic E-state index is 0.160. The Hall–Kier alpha value is -1.06. The van der Waals surface area contributed by atoms with E-state index in [1.54, 1.807) is 0 Å². The number of aromatic nitrogens is 2. The van der Waals surface area contributed by atoms with Crippen molar-refractivity contribution in [3.8, 4) is 0 Å². The van der Waals surface area contributed by atoms with E-state index < -0.39 is 0 Å². The predicted octanol–water partition coefficient (Wildman–Crippen LogP) is 3.00. The Bertz CT molecular complexity index is 582. The fourth-order valence-electron chi connectivity index (χ4n) is 3.22. The SMILES string of the molecule is Cn1nc(Cl)c2cc(C3(CN)CCCC3)ccc21. The van der Waals surface area contributed by atoms with Crippen LogP contribution in [0.25, 0.3) is 10.9 Å². The summed E-state index contributed by atoms with van der Waals surface area (Å²) in [7, 11) is 1.92. The van der Waals surface area contributed by atoms with Crippen LogP contribution in [-0.2, 0) is 12.5 Å². The number of halogens is 1. The van der Waals surface area contributed by atoms with Gasteiger partial charge in [-0.3, -0.25) is 4.68 Å². The third-order valence-electron chi connectivity index (χ3n) is 4.37. The summed E-state index contributed by atoms with van der Waals surface area (Å²) in [6, 6.07) is 6.49. The van der Waals surface area contributed by atoms with Crippen molar-refractivity contribution in [2.45, 2.75) is 31.1 Å². The van der Waals surface area contributed by atoms with Gasteiger partial charge in [0, 0.05) is 24.4 Å². The lowest BCUT2D eigenvalue weighted by Crippen LogP contribution is -2.31. The number of rotatable bonds is 2. The van der Waals surface area contributed by atoms with Gasteiger partial charge in [-0.2, -0.15) is 5.10 Å². The molecule has 1 fully saturated rings. The number of benzene rings is 1. The first kappa shape index (κ1) is 12.0. The molecule has 2 aromatic rings. The summed E-state index contributed by atoms with van der Waals surface area (Å²) in [5, 5.41) is 5.88. The first-order valence-electron chi connectivity index (χ1n) is 6.49. The van der Waals surface area contributed by atoms with Crippen molar-refractivity contribution in [3.63, 3.8) is 0 Å². The van der Waals surface area contributed by atoms with Crippen molar-refractivity contribution in [1.82, 2.24) is 9.78 Å². The minimum atomic E-state index is 0.160. The normalized spacial score (nSPS) is 18.6. The van der Waals surface area contributed by atoms with E-state index in [9.17, 15) is 0 Å². The molecule has 18 heavy (non-hydrogen) atoms. The smallest absolute Gasteiger partial charge is 0.158 e. The summed E-state index contributed by atoms with van der Waals surface area (Å²) >= 11 is 6.18. The highest BCUT2D eigenvalue weighted by Gasteiger charge is 2.34. The molecule has 0 unspecified atom stereocenters. The molecule has 1 aromatic carbocycles. The number of aryl methyl sites for hydroxylation is 1. The van der Waals surface area contributed by atoms with Gasteiger partial charge in [-0.15, -0.1) is 0 Å². The average Bonchev–Trinajstić information content (AvgIpc) is 2.96. The molecule has 3 rings (SSSR count). The third-order valence-corrected chi connectivity index (χ3v) is 4.65. The molecule has 1 aliphatic rings. The second-order valence-corrected chi connectivity index (χ2v) is 5.70. The number of fused-ring (bicyclic) bond motifs is 1. The minimum Gasteiger partial charge on any atom is -0.330 e. The van der Waals surface area contributed by atoms with Gasteiger partial charge < -0.3 is 5.73 Å². The van der Waals surface area contributed by atoms with E-state index in [-0.39, 0.29) is 5.41 Å². The summed E-state index contributed by atoms with van der Waals surface area (Å²) in [5.74, 6) is 0. The highest BCUT2D eigenvalue weighted by molar-refractivity contribution is 6.34. The van der Waals surface area contributed by atoms with Crippen molar-refractivity contribution >= 4 is 22.5 Å². The predicted molar refractivity (Wildman–Crippen MR) is 74.9 cm³/mol. The van der Waals surface area contributed by atoms with E-state index in [1.165, 1.54) is 31.2 Å². The fraction of sp³-hybridized carbons (Fsp3) is 0.500. The van der Waals surface area contributed by atoms with Gasteiger partial charge >= 0.3 is 0 Å². The Kier molecular flexibility index (Phi) is 2.83. The molecule has 0 atom stereocenters. The fourth-order valence-corrected chi connectivity index (χ4v) is 3.48. The number of hydrogen-bond donors (Lipinski definition) is 1. The van der Waals surface area contributed by atoms with Crippen molar-refractivity contribution in [3.05, 3.63) is 28.9 Å².